The summed E-state index contributed by atoms with van der Waals surface area (Å²) >= 11 is 0. The Kier molecular flexibility index (Phi) is 3.52. The van der Waals surface area contributed by atoms with E-state index in [2.05, 4.69) is 20.4 Å². The highest BCUT2D eigenvalue weighted by atomic mass is 19.1. The zero-order valence-corrected chi connectivity index (χ0v) is 10.5. The van der Waals surface area contributed by atoms with E-state index in [9.17, 15) is 4.39 Å². The van der Waals surface area contributed by atoms with Crippen molar-refractivity contribution in [2.75, 3.05) is 26.2 Å². The van der Waals surface area contributed by atoms with Gasteiger partial charge in [-0.15, -0.1) is 0 Å². The van der Waals surface area contributed by atoms with Crippen LogP contribution >= 0.6 is 0 Å². The summed E-state index contributed by atoms with van der Waals surface area (Å²) in [5, 5.41) is 7.22. The molecule has 1 aromatic carbocycles. The molecule has 0 bridgehead atoms. The SMILES string of the molecule is Fc1ccc(-c2noc(CN3CCNCC3)n2)cc1. The molecule has 0 amide bonds. The van der Waals surface area contributed by atoms with Gasteiger partial charge in [0.1, 0.15) is 5.82 Å². The maximum absolute atomic E-state index is 12.8. The lowest BCUT2D eigenvalue weighted by Crippen LogP contribution is -2.42. The van der Waals surface area contributed by atoms with Crippen LogP contribution in [0.3, 0.4) is 0 Å². The standard InChI is InChI=1S/C13H15FN4O/c14-11-3-1-10(2-4-11)13-16-12(19-17-13)9-18-7-5-15-6-8-18/h1-4,15H,5-9H2. The molecule has 0 aliphatic carbocycles. The van der Waals surface area contributed by atoms with E-state index < -0.39 is 0 Å². The lowest BCUT2D eigenvalue weighted by atomic mass is 10.2. The quantitative estimate of drug-likeness (QED) is 0.903. The van der Waals surface area contributed by atoms with Gasteiger partial charge in [0, 0.05) is 31.7 Å². The summed E-state index contributed by atoms with van der Waals surface area (Å²) in [6, 6.07) is 6.08. The van der Waals surface area contributed by atoms with E-state index in [-0.39, 0.29) is 5.82 Å². The number of hydrogen-bond donors (Lipinski definition) is 1. The van der Waals surface area contributed by atoms with Crippen molar-refractivity contribution in [1.82, 2.24) is 20.4 Å². The van der Waals surface area contributed by atoms with Gasteiger partial charge in [0.15, 0.2) is 0 Å². The van der Waals surface area contributed by atoms with E-state index >= 15 is 0 Å². The van der Waals surface area contributed by atoms with E-state index in [1.165, 1.54) is 12.1 Å². The van der Waals surface area contributed by atoms with Gasteiger partial charge in [-0.25, -0.2) is 4.39 Å². The largest absolute Gasteiger partial charge is 0.338 e. The molecule has 5 nitrogen and oxygen atoms in total. The van der Waals surface area contributed by atoms with Crippen molar-refractivity contribution < 1.29 is 8.91 Å². The van der Waals surface area contributed by atoms with Gasteiger partial charge < -0.3 is 9.84 Å². The number of halogens is 1. The smallest absolute Gasteiger partial charge is 0.241 e. The molecule has 3 rings (SSSR count). The zero-order valence-electron chi connectivity index (χ0n) is 10.5. The van der Waals surface area contributed by atoms with Crippen LogP contribution in [0.25, 0.3) is 11.4 Å². The molecule has 1 N–H and O–H groups in total. The van der Waals surface area contributed by atoms with Crippen LogP contribution in [-0.4, -0.2) is 41.2 Å². The van der Waals surface area contributed by atoms with Crippen molar-refractivity contribution in [3.05, 3.63) is 36.0 Å². The molecular formula is C13H15FN4O. The third-order valence-electron chi connectivity index (χ3n) is 3.14. The number of piperazine rings is 1. The third kappa shape index (κ3) is 2.97. The Balaban J connectivity index is 1.70. The van der Waals surface area contributed by atoms with Gasteiger partial charge in [-0.05, 0) is 24.3 Å². The Morgan fingerprint density at radius 3 is 2.68 bits per heavy atom. The number of rotatable bonds is 3. The minimum absolute atomic E-state index is 0.270. The van der Waals surface area contributed by atoms with E-state index in [0.29, 0.717) is 18.3 Å². The van der Waals surface area contributed by atoms with Crippen LogP contribution in [-0.2, 0) is 6.54 Å². The maximum atomic E-state index is 12.8. The van der Waals surface area contributed by atoms with E-state index in [0.717, 1.165) is 31.7 Å². The summed E-state index contributed by atoms with van der Waals surface area (Å²) in [4.78, 5) is 6.60. The van der Waals surface area contributed by atoms with E-state index in [4.69, 9.17) is 4.52 Å². The predicted molar refractivity (Wildman–Crippen MR) is 67.8 cm³/mol. The second-order valence-corrected chi connectivity index (χ2v) is 4.54. The van der Waals surface area contributed by atoms with Gasteiger partial charge in [-0.1, -0.05) is 5.16 Å². The molecule has 0 radical (unpaired) electrons. The molecule has 1 aliphatic rings. The van der Waals surface area contributed by atoms with Gasteiger partial charge in [0.25, 0.3) is 0 Å². The van der Waals surface area contributed by atoms with Crippen molar-refractivity contribution in [3.63, 3.8) is 0 Å². The third-order valence-corrected chi connectivity index (χ3v) is 3.14. The fourth-order valence-electron chi connectivity index (χ4n) is 2.10. The molecule has 1 aromatic heterocycles. The summed E-state index contributed by atoms with van der Waals surface area (Å²) in [6.07, 6.45) is 0. The molecule has 0 spiro atoms. The van der Waals surface area contributed by atoms with E-state index in [1.807, 2.05) is 0 Å². The Morgan fingerprint density at radius 1 is 1.21 bits per heavy atom. The first-order valence-corrected chi connectivity index (χ1v) is 6.33. The fourth-order valence-corrected chi connectivity index (χ4v) is 2.10. The van der Waals surface area contributed by atoms with Crippen molar-refractivity contribution in [2.24, 2.45) is 0 Å². The predicted octanol–water partition coefficient (Wildman–Crippen LogP) is 1.28. The highest BCUT2D eigenvalue weighted by Crippen LogP contribution is 2.16. The maximum Gasteiger partial charge on any atom is 0.241 e. The van der Waals surface area contributed by atoms with Crippen LogP contribution in [0.5, 0.6) is 0 Å². The van der Waals surface area contributed by atoms with Crippen LogP contribution in [0.1, 0.15) is 5.89 Å². The molecule has 2 heterocycles. The lowest BCUT2D eigenvalue weighted by Gasteiger charge is -2.25. The lowest BCUT2D eigenvalue weighted by molar-refractivity contribution is 0.203. The molecule has 19 heavy (non-hydrogen) atoms. The Labute approximate surface area is 110 Å². The van der Waals surface area contributed by atoms with Crippen molar-refractivity contribution in [1.29, 1.82) is 0 Å². The molecule has 1 aliphatic heterocycles. The minimum Gasteiger partial charge on any atom is -0.338 e. The monoisotopic (exact) mass is 262 g/mol. The molecule has 100 valence electrons. The average Bonchev–Trinajstić information content (AvgIpc) is 2.89. The number of aromatic nitrogens is 2. The van der Waals surface area contributed by atoms with E-state index in [1.54, 1.807) is 12.1 Å². The number of nitrogens with zero attached hydrogens (tertiary/aromatic N) is 3. The molecule has 0 saturated carbocycles. The molecule has 1 saturated heterocycles. The Morgan fingerprint density at radius 2 is 1.95 bits per heavy atom. The summed E-state index contributed by atoms with van der Waals surface area (Å²) in [5.74, 6) is 0.833. The fraction of sp³-hybridized carbons (Fsp3) is 0.385. The van der Waals surface area contributed by atoms with Crippen LogP contribution in [0.2, 0.25) is 0 Å². The molecule has 0 unspecified atom stereocenters. The molecule has 1 fully saturated rings. The first-order chi connectivity index (χ1) is 9.31. The zero-order chi connectivity index (χ0) is 13.1. The van der Waals surface area contributed by atoms with Gasteiger partial charge in [0.05, 0.1) is 6.54 Å². The highest BCUT2D eigenvalue weighted by Gasteiger charge is 2.14. The molecule has 0 atom stereocenters. The number of benzene rings is 1. The number of nitrogens with one attached hydrogen (secondary N) is 1. The normalized spacial score (nSPS) is 16.7. The van der Waals surface area contributed by atoms with Crippen LogP contribution in [0.15, 0.2) is 28.8 Å². The van der Waals surface area contributed by atoms with Gasteiger partial charge in [0.2, 0.25) is 11.7 Å². The van der Waals surface area contributed by atoms with Crippen LogP contribution in [0, 0.1) is 5.82 Å². The highest BCUT2D eigenvalue weighted by molar-refractivity contribution is 5.53. The Hall–Kier alpha value is -1.79. The van der Waals surface area contributed by atoms with Crippen LogP contribution in [0.4, 0.5) is 4.39 Å². The van der Waals surface area contributed by atoms with Crippen LogP contribution < -0.4 is 5.32 Å². The van der Waals surface area contributed by atoms with Gasteiger partial charge >= 0.3 is 0 Å². The first kappa shape index (κ1) is 12.3. The Bertz CT molecular complexity index is 534. The van der Waals surface area contributed by atoms with Gasteiger partial charge in [-0.3, -0.25) is 4.90 Å². The summed E-state index contributed by atoms with van der Waals surface area (Å²) in [7, 11) is 0. The topological polar surface area (TPSA) is 54.2 Å². The first-order valence-electron chi connectivity index (χ1n) is 6.33. The van der Waals surface area contributed by atoms with Crippen molar-refractivity contribution in [3.8, 4) is 11.4 Å². The minimum atomic E-state index is -0.270. The molecule has 6 heteroatoms. The summed E-state index contributed by atoms with van der Waals surface area (Å²) < 4.78 is 18.1. The molecular weight excluding hydrogens is 247 g/mol. The second-order valence-electron chi connectivity index (χ2n) is 4.54. The summed E-state index contributed by atoms with van der Waals surface area (Å²) in [6.45, 7) is 4.59. The number of hydrogen-bond acceptors (Lipinski definition) is 5. The summed E-state index contributed by atoms with van der Waals surface area (Å²) in [5.41, 5.74) is 0.761. The van der Waals surface area contributed by atoms with Crippen molar-refractivity contribution in [2.45, 2.75) is 6.54 Å². The van der Waals surface area contributed by atoms with Gasteiger partial charge in [-0.2, -0.15) is 4.98 Å². The average molecular weight is 262 g/mol. The second kappa shape index (κ2) is 5.46. The molecule has 2 aromatic rings. The van der Waals surface area contributed by atoms with Crippen molar-refractivity contribution >= 4 is 0 Å².